The van der Waals surface area contributed by atoms with Crippen LogP contribution in [0.3, 0.4) is 0 Å². The smallest absolute Gasteiger partial charge is 0.294 e. The Hall–Kier alpha value is -4.01. The molecule has 0 saturated carbocycles. The van der Waals surface area contributed by atoms with Crippen molar-refractivity contribution in [2.75, 3.05) is 18.4 Å². The molecule has 0 aliphatic rings. The van der Waals surface area contributed by atoms with E-state index in [0.717, 1.165) is 0 Å². The number of anilines is 1. The molecule has 154 valence electrons. The third-order valence-corrected chi connectivity index (χ3v) is 4.66. The van der Waals surface area contributed by atoms with Crippen molar-refractivity contribution in [1.82, 2.24) is 14.5 Å². The Morgan fingerprint density at radius 3 is 2.33 bits per heavy atom. The van der Waals surface area contributed by atoms with Gasteiger partial charge in [-0.05, 0) is 50.2 Å². The summed E-state index contributed by atoms with van der Waals surface area (Å²) in [5.74, 6) is -0.568. The molecule has 3 aromatic rings. The Bertz CT molecular complexity index is 1060. The first kappa shape index (κ1) is 20.7. The van der Waals surface area contributed by atoms with Crippen molar-refractivity contribution in [3.63, 3.8) is 0 Å². The van der Waals surface area contributed by atoms with Crippen LogP contribution in [0, 0.1) is 10.1 Å². The van der Waals surface area contributed by atoms with Gasteiger partial charge in [0.1, 0.15) is 5.69 Å². The van der Waals surface area contributed by atoms with E-state index in [0.29, 0.717) is 30.0 Å². The average molecular weight is 407 g/mol. The fourth-order valence-corrected chi connectivity index (χ4v) is 3.02. The average Bonchev–Trinajstić information content (AvgIpc) is 3.29. The quantitative estimate of drug-likeness (QED) is 0.476. The number of nitro groups is 1. The summed E-state index contributed by atoms with van der Waals surface area (Å²) in [6.45, 7) is 5.05. The van der Waals surface area contributed by atoms with Crippen molar-refractivity contribution in [2.45, 2.75) is 13.8 Å². The Kier molecular flexibility index (Phi) is 6.21. The van der Waals surface area contributed by atoms with Crippen LogP contribution in [0.15, 0.2) is 61.2 Å². The Morgan fingerprint density at radius 1 is 1.10 bits per heavy atom. The second-order valence-corrected chi connectivity index (χ2v) is 6.44. The first-order valence-electron chi connectivity index (χ1n) is 9.42. The lowest BCUT2D eigenvalue weighted by Gasteiger charge is -2.18. The molecule has 0 aliphatic heterocycles. The van der Waals surface area contributed by atoms with E-state index in [1.54, 1.807) is 35.4 Å². The number of hydrogen-bond acceptors (Lipinski definition) is 5. The number of hydrogen-bond donors (Lipinski definition) is 1. The Morgan fingerprint density at radius 2 is 1.77 bits per heavy atom. The van der Waals surface area contributed by atoms with E-state index in [1.807, 2.05) is 13.8 Å². The zero-order valence-corrected chi connectivity index (χ0v) is 16.6. The normalized spacial score (nSPS) is 10.5. The predicted octanol–water partition coefficient (Wildman–Crippen LogP) is 3.51. The summed E-state index contributed by atoms with van der Waals surface area (Å²) in [4.78, 5) is 41.4. The van der Waals surface area contributed by atoms with E-state index in [2.05, 4.69) is 10.3 Å². The van der Waals surface area contributed by atoms with Crippen LogP contribution in [-0.2, 0) is 0 Å². The molecule has 0 unspecified atom stereocenters. The van der Waals surface area contributed by atoms with E-state index in [1.165, 1.54) is 35.3 Å². The summed E-state index contributed by atoms with van der Waals surface area (Å²) in [6, 6.07) is 10.8. The Labute approximate surface area is 173 Å². The molecule has 0 atom stereocenters. The maximum atomic E-state index is 12.6. The third-order valence-electron chi connectivity index (χ3n) is 4.66. The SMILES string of the molecule is CCN(CC)C(=O)c1ccc(NC(=O)c2ccc(-n3ccnc3)c([N+](=O)[O-])c2)cc1. The van der Waals surface area contributed by atoms with Crippen LogP contribution < -0.4 is 5.32 Å². The lowest BCUT2D eigenvalue weighted by atomic mass is 10.1. The number of benzene rings is 2. The van der Waals surface area contributed by atoms with Crippen LogP contribution in [0.25, 0.3) is 5.69 Å². The van der Waals surface area contributed by atoms with Crippen molar-refractivity contribution < 1.29 is 14.5 Å². The number of aromatic nitrogens is 2. The number of carbonyl (C=O) groups excluding carboxylic acids is 2. The van der Waals surface area contributed by atoms with E-state index in [-0.39, 0.29) is 17.2 Å². The van der Waals surface area contributed by atoms with Gasteiger partial charge in [0.25, 0.3) is 17.5 Å². The van der Waals surface area contributed by atoms with Gasteiger partial charge in [-0.3, -0.25) is 19.7 Å². The number of nitrogens with zero attached hydrogens (tertiary/aromatic N) is 4. The summed E-state index contributed by atoms with van der Waals surface area (Å²) in [7, 11) is 0. The second-order valence-electron chi connectivity index (χ2n) is 6.44. The predicted molar refractivity (Wildman–Crippen MR) is 112 cm³/mol. The molecule has 1 heterocycles. The van der Waals surface area contributed by atoms with E-state index in [9.17, 15) is 19.7 Å². The number of rotatable bonds is 7. The minimum Gasteiger partial charge on any atom is -0.339 e. The molecule has 0 fully saturated rings. The van der Waals surface area contributed by atoms with Gasteiger partial charge in [0.2, 0.25) is 0 Å². The zero-order chi connectivity index (χ0) is 21.7. The lowest BCUT2D eigenvalue weighted by Crippen LogP contribution is -2.30. The van der Waals surface area contributed by atoms with E-state index >= 15 is 0 Å². The molecule has 9 nitrogen and oxygen atoms in total. The molecule has 0 radical (unpaired) electrons. The molecule has 0 spiro atoms. The molecule has 1 N–H and O–H groups in total. The van der Waals surface area contributed by atoms with Gasteiger partial charge in [-0.15, -0.1) is 0 Å². The van der Waals surface area contributed by atoms with Crippen LogP contribution in [-0.4, -0.2) is 44.3 Å². The summed E-state index contributed by atoms with van der Waals surface area (Å²) < 4.78 is 1.51. The number of nitrogens with one attached hydrogen (secondary N) is 1. The van der Waals surface area contributed by atoms with Crippen molar-refractivity contribution >= 4 is 23.2 Å². The highest BCUT2D eigenvalue weighted by atomic mass is 16.6. The molecular weight excluding hydrogens is 386 g/mol. The fourth-order valence-electron chi connectivity index (χ4n) is 3.02. The highest BCUT2D eigenvalue weighted by Crippen LogP contribution is 2.25. The van der Waals surface area contributed by atoms with Gasteiger partial charge in [-0.25, -0.2) is 4.98 Å². The lowest BCUT2D eigenvalue weighted by molar-refractivity contribution is -0.384. The second kappa shape index (κ2) is 8.99. The number of imidazole rings is 1. The summed E-state index contributed by atoms with van der Waals surface area (Å²) >= 11 is 0. The summed E-state index contributed by atoms with van der Waals surface area (Å²) in [6.07, 6.45) is 4.55. The molecule has 0 bridgehead atoms. The van der Waals surface area contributed by atoms with Gasteiger partial charge in [0.15, 0.2) is 0 Å². The largest absolute Gasteiger partial charge is 0.339 e. The fraction of sp³-hybridized carbons (Fsp3) is 0.190. The van der Waals surface area contributed by atoms with Crippen LogP contribution >= 0.6 is 0 Å². The molecule has 3 rings (SSSR count). The molecule has 9 heteroatoms. The van der Waals surface area contributed by atoms with E-state index < -0.39 is 10.8 Å². The van der Waals surface area contributed by atoms with Crippen LogP contribution in [0.4, 0.5) is 11.4 Å². The molecule has 2 aromatic carbocycles. The van der Waals surface area contributed by atoms with Gasteiger partial charge in [0, 0.05) is 48.4 Å². The number of amides is 2. The van der Waals surface area contributed by atoms with Crippen LogP contribution in [0.5, 0.6) is 0 Å². The first-order valence-corrected chi connectivity index (χ1v) is 9.42. The molecule has 2 amide bonds. The van der Waals surface area contributed by atoms with Gasteiger partial charge in [-0.1, -0.05) is 0 Å². The molecular formula is C21H21N5O4. The highest BCUT2D eigenvalue weighted by molar-refractivity contribution is 6.05. The maximum Gasteiger partial charge on any atom is 0.294 e. The van der Waals surface area contributed by atoms with Crippen LogP contribution in [0.1, 0.15) is 34.6 Å². The van der Waals surface area contributed by atoms with Gasteiger partial charge < -0.3 is 14.8 Å². The standard InChI is InChI=1S/C21H21N5O4/c1-3-24(4-2)21(28)15-5-8-17(9-6-15)23-20(27)16-7-10-18(19(13-16)26(29)30)25-12-11-22-14-25/h5-14H,3-4H2,1-2H3,(H,23,27). The summed E-state index contributed by atoms with van der Waals surface area (Å²) in [5.41, 5.74) is 1.26. The minimum absolute atomic E-state index is 0.0800. The monoisotopic (exact) mass is 407 g/mol. The van der Waals surface area contributed by atoms with Crippen molar-refractivity contribution in [2.24, 2.45) is 0 Å². The van der Waals surface area contributed by atoms with Gasteiger partial charge >= 0.3 is 0 Å². The maximum absolute atomic E-state index is 12.6. The number of carbonyl (C=O) groups is 2. The minimum atomic E-state index is -0.542. The van der Waals surface area contributed by atoms with Crippen LogP contribution in [0.2, 0.25) is 0 Å². The van der Waals surface area contributed by atoms with Gasteiger partial charge in [-0.2, -0.15) is 0 Å². The van der Waals surface area contributed by atoms with Crippen molar-refractivity contribution in [3.05, 3.63) is 82.4 Å². The molecule has 0 aliphatic carbocycles. The first-order chi connectivity index (χ1) is 14.4. The molecule has 0 saturated heterocycles. The van der Waals surface area contributed by atoms with E-state index in [4.69, 9.17) is 0 Å². The summed E-state index contributed by atoms with van der Waals surface area (Å²) in [5, 5.41) is 14.2. The van der Waals surface area contributed by atoms with Crippen molar-refractivity contribution in [1.29, 1.82) is 0 Å². The number of nitro benzene ring substituents is 1. The zero-order valence-electron chi connectivity index (χ0n) is 16.6. The topological polar surface area (TPSA) is 110 Å². The molecule has 30 heavy (non-hydrogen) atoms. The highest BCUT2D eigenvalue weighted by Gasteiger charge is 2.19. The van der Waals surface area contributed by atoms with Gasteiger partial charge in [0.05, 0.1) is 11.3 Å². The van der Waals surface area contributed by atoms with Crippen molar-refractivity contribution in [3.8, 4) is 5.69 Å². The molecule has 1 aromatic heterocycles. The third kappa shape index (κ3) is 4.35. The Balaban J connectivity index is 1.78.